The van der Waals surface area contributed by atoms with Crippen LogP contribution in [-0.2, 0) is 19.1 Å². The number of benzene rings is 2. The molecule has 0 aliphatic carbocycles. The lowest BCUT2D eigenvalue weighted by atomic mass is 9.81. The number of rotatable bonds is 4. The smallest absolute Gasteiger partial charge is 0.355 e. The molecule has 158 valence electrons. The average Bonchev–Trinajstić information content (AvgIpc) is 2.79. The second kappa shape index (κ2) is 8.67. The van der Waals surface area contributed by atoms with Crippen molar-refractivity contribution in [1.82, 2.24) is 0 Å². The first-order chi connectivity index (χ1) is 14.9. The molecule has 1 atom stereocenters. The van der Waals surface area contributed by atoms with Crippen LogP contribution in [0, 0.1) is 23.0 Å². The quantitative estimate of drug-likeness (QED) is 0.751. The van der Waals surface area contributed by atoms with Crippen LogP contribution < -0.4 is 10.6 Å². The minimum absolute atomic E-state index is 0.150. The maximum Gasteiger partial charge on any atom is 0.355 e. The molecule has 2 aromatic rings. The third kappa shape index (κ3) is 3.59. The first-order valence-electron chi connectivity index (χ1n) is 8.96. The third-order valence-electron chi connectivity index (χ3n) is 4.78. The fourth-order valence-corrected chi connectivity index (χ4v) is 3.43. The first kappa shape index (κ1) is 21.5. The van der Waals surface area contributed by atoms with E-state index in [1.807, 2.05) is 6.07 Å². The minimum atomic E-state index is -1.33. The number of carbonyl (C=O) groups excluding carboxylic acids is 2. The number of nitrogens with two attached hydrogens (primary N) is 1. The van der Waals surface area contributed by atoms with Crippen LogP contribution in [0.15, 0.2) is 71.2 Å². The van der Waals surface area contributed by atoms with E-state index < -0.39 is 40.9 Å². The molecular weight excluding hydrogens is 408 g/mol. The van der Waals surface area contributed by atoms with Crippen molar-refractivity contribution in [2.75, 3.05) is 19.1 Å². The van der Waals surface area contributed by atoms with Gasteiger partial charge in [0.25, 0.3) is 0 Å². The van der Waals surface area contributed by atoms with Crippen LogP contribution in [0.5, 0.6) is 0 Å². The van der Waals surface area contributed by atoms with Gasteiger partial charge in [0.15, 0.2) is 11.6 Å². The van der Waals surface area contributed by atoms with Crippen molar-refractivity contribution < 1.29 is 27.8 Å². The summed E-state index contributed by atoms with van der Waals surface area (Å²) >= 11 is 0. The summed E-state index contributed by atoms with van der Waals surface area (Å²) < 4.78 is 38.3. The van der Waals surface area contributed by atoms with Gasteiger partial charge in [-0.3, -0.25) is 4.90 Å². The van der Waals surface area contributed by atoms with Gasteiger partial charge in [0.05, 0.1) is 43.0 Å². The highest BCUT2D eigenvalue weighted by Gasteiger charge is 2.43. The van der Waals surface area contributed by atoms with E-state index in [9.17, 15) is 23.6 Å². The number of methoxy groups -OCH3 is 2. The molecule has 7 nitrogen and oxygen atoms in total. The fraction of sp³-hybridized carbons (Fsp3) is 0.136. The Labute approximate surface area is 176 Å². The van der Waals surface area contributed by atoms with Crippen molar-refractivity contribution in [2.45, 2.75) is 5.92 Å². The van der Waals surface area contributed by atoms with Gasteiger partial charge in [-0.2, -0.15) is 5.26 Å². The lowest BCUT2D eigenvalue weighted by molar-refractivity contribution is -0.139. The largest absolute Gasteiger partial charge is 0.466 e. The Morgan fingerprint density at radius 1 is 1.03 bits per heavy atom. The molecule has 0 radical (unpaired) electrons. The van der Waals surface area contributed by atoms with Gasteiger partial charge in [0.1, 0.15) is 11.5 Å². The van der Waals surface area contributed by atoms with E-state index in [4.69, 9.17) is 15.2 Å². The zero-order valence-electron chi connectivity index (χ0n) is 16.6. The van der Waals surface area contributed by atoms with E-state index in [2.05, 4.69) is 0 Å². The molecule has 1 heterocycles. The van der Waals surface area contributed by atoms with Crippen LogP contribution in [0.3, 0.4) is 0 Å². The monoisotopic (exact) mass is 425 g/mol. The number of nitrogens with zero attached hydrogens (tertiary/aromatic N) is 2. The Balaban J connectivity index is 2.45. The lowest BCUT2D eigenvalue weighted by Gasteiger charge is -2.35. The summed E-state index contributed by atoms with van der Waals surface area (Å²) in [7, 11) is 2.15. The Morgan fingerprint density at radius 2 is 1.68 bits per heavy atom. The molecule has 0 spiro atoms. The van der Waals surface area contributed by atoms with Crippen molar-refractivity contribution in [1.29, 1.82) is 5.26 Å². The van der Waals surface area contributed by atoms with Crippen molar-refractivity contribution >= 4 is 17.6 Å². The molecule has 0 aromatic heterocycles. The molecule has 3 rings (SSSR count). The number of hydrogen-bond acceptors (Lipinski definition) is 7. The van der Waals surface area contributed by atoms with Gasteiger partial charge in [-0.25, -0.2) is 18.4 Å². The van der Waals surface area contributed by atoms with E-state index in [0.29, 0.717) is 5.56 Å². The van der Waals surface area contributed by atoms with Gasteiger partial charge in [0.2, 0.25) is 0 Å². The van der Waals surface area contributed by atoms with Gasteiger partial charge in [0, 0.05) is 0 Å². The van der Waals surface area contributed by atoms with Crippen LogP contribution >= 0.6 is 0 Å². The number of halogens is 2. The van der Waals surface area contributed by atoms with E-state index in [1.165, 1.54) is 6.07 Å². The van der Waals surface area contributed by atoms with E-state index in [1.54, 1.807) is 30.3 Å². The van der Waals surface area contributed by atoms with Crippen LogP contribution in [0.4, 0.5) is 14.5 Å². The Bertz CT molecular complexity index is 1150. The number of allylic oxidation sites excluding steroid dienone is 1. The highest BCUT2D eigenvalue weighted by Crippen LogP contribution is 2.43. The van der Waals surface area contributed by atoms with Crippen molar-refractivity contribution in [3.8, 4) is 6.07 Å². The van der Waals surface area contributed by atoms with Crippen molar-refractivity contribution in [2.24, 2.45) is 5.73 Å². The number of esters is 2. The summed E-state index contributed by atoms with van der Waals surface area (Å²) in [5, 5.41) is 9.86. The molecule has 9 heteroatoms. The van der Waals surface area contributed by atoms with Gasteiger partial charge >= 0.3 is 11.9 Å². The van der Waals surface area contributed by atoms with Crippen molar-refractivity contribution in [3.05, 3.63) is 88.4 Å². The van der Waals surface area contributed by atoms with Crippen LogP contribution in [0.25, 0.3) is 0 Å². The molecule has 0 fully saturated rings. The standard InChI is InChI=1S/C22H17F2N3O4/c1-30-21(28)17-16(12-7-4-3-5-8-12)13(11-25)20(26)27(19(17)22(29)31-2)15-10-6-9-14(23)18(15)24/h3-10,16H,26H2,1-2H3. The lowest BCUT2D eigenvalue weighted by Crippen LogP contribution is -2.41. The zero-order valence-corrected chi connectivity index (χ0v) is 16.6. The van der Waals surface area contributed by atoms with Gasteiger partial charge < -0.3 is 15.2 Å². The second-order valence-electron chi connectivity index (χ2n) is 6.41. The maximum absolute atomic E-state index is 14.7. The van der Waals surface area contributed by atoms with Crippen LogP contribution in [0.2, 0.25) is 0 Å². The van der Waals surface area contributed by atoms with E-state index >= 15 is 0 Å². The van der Waals surface area contributed by atoms with Crippen molar-refractivity contribution in [3.63, 3.8) is 0 Å². The molecule has 0 amide bonds. The highest BCUT2D eigenvalue weighted by molar-refractivity contribution is 6.06. The number of ether oxygens (including phenoxy) is 2. The third-order valence-corrected chi connectivity index (χ3v) is 4.78. The van der Waals surface area contributed by atoms with Gasteiger partial charge in [-0.1, -0.05) is 36.4 Å². The molecule has 0 bridgehead atoms. The summed E-state index contributed by atoms with van der Waals surface area (Å²) in [6.45, 7) is 0. The van der Waals surface area contributed by atoms with E-state index in [0.717, 1.165) is 31.3 Å². The SMILES string of the molecule is COC(=O)C1=C(C(=O)OC)N(c2cccc(F)c2F)C(N)=C(C#N)C1c1ccccc1. The summed E-state index contributed by atoms with van der Waals surface area (Å²) in [5.74, 6) is -6.00. The molecule has 31 heavy (non-hydrogen) atoms. The van der Waals surface area contributed by atoms with E-state index in [-0.39, 0.29) is 17.0 Å². The molecule has 1 unspecified atom stereocenters. The Morgan fingerprint density at radius 3 is 2.26 bits per heavy atom. The molecular formula is C22H17F2N3O4. The topological polar surface area (TPSA) is 106 Å². The predicted octanol–water partition coefficient (Wildman–Crippen LogP) is 2.86. The second-order valence-corrected chi connectivity index (χ2v) is 6.41. The van der Waals surface area contributed by atoms with Gasteiger partial charge in [-0.15, -0.1) is 0 Å². The number of hydrogen-bond donors (Lipinski definition) is 1. The summed E-state index contributed by atoms with van der Waals surface area (Å²) in [4.78, 5) is 26.4. The summed E-state index contributed by atoms with van der Waals surface area (Å²) in [5.41, 5.74) is 5.26. The number of carbonyl (C=O) groups is 2. The molecule has 0 saturated heterocycles. The molecule has 2 N–H and O–H groups in total. The molecule has 1 aliphatic rings. The number of anilines is 1. The fourth-order valence-electron chi connectivity index (χ4n) is 3.43. The molecule has 1 aliphatic heterocycles. The first-order valence-corrected chi connectivity index (χ1v) is 8.96. The summed E-state index contributed by atoms with van der Waals surface area (Å²) in [6, 6.07) is 13.5. The molecule has 0 saturated carbocycles. The normalized spacial score (nSPS) is 16.1. The average molecular weight is 425 g/mol. The molecule has 2 aromatic carbocycles. The van der Waals surface area contributed by atoms with Crippen LogP contribution in [0.1, 0.15) is 11.5 Å². The number of nitriles is 1. The Hall–Kier alpha value is -4.19. The highest BCUT2D eigenvalue weighted by atomic mass is 19.2. The maximum atomic E-state index is 14.7. The van der Waals surface area contributed by atoms with Crippen LogP contribution in [-0.4, -0.2) is 26.2 Å². The van der Waals surface area contributed by atoms with Gasteiger partial charge in [-0.05, 0) is 17.7 Å². The Kier molecular flexibility index (Phi) is 6.02. The minimum Gasteiger partial charge on any atom is -0.466 e. The zero-order chi connectivity index (χ0) is 22.7. The predicted molar refractivity (Wildman–Crippen MR) is 106 cm³/mol. The summed E-state index contributed by atoms with van der Waals surface area (Å²) in [6.07, 6.45) is 0.